The molecule has 2 unspecified atom stereocenters. The van der Waals surface area contributed by atoms with E-state index >= 15 is 0 Å². The summed E-state index contributed by atoms with van der Waals surface area (Å²) in [5, 5.41) is 14.5. The average Bonchev–Trinajstić information content (AvgIpc) is 2.14. The lowest BCUT2D eigenvalue weighted by molar-refractivity contribution is -0.121. The van der Waals surface area contributed by atoms with Crippen LogP contribution in [0.3, 0.4) is 0 Å². The molecule has 0 aromatic rings. The first-order valence-electron chi connectivity index (χ1n) is 5.23. The fourth-order valence-corrected chi connectivity index (χ4v) is 1.00. The Morgan fingerprint density at radius 3 is 2.50 bits per heavy atom. The molecule has 4 nitrogen and oxygen atoms in total. The second kappa shape index (κ2) is 7.76. The highest BCUT2D eigenvalue weighted by Gasteiger charge is 2.07. The van der Waals surface area contributed by atoms with Crippen LogP contribution >= 0.6 is 0 Å². The van der Waals surface area contributed by atoms with Crippen LogP contribution < -0.4 is 10.6 Å². The van der Waals surface area contributed by atoms with Crippen molar-refractivity contribution < 1.29 is 9.90 Å². The molecule has 0 fully saturated rings. The van der Waals surface area contributed by atoms with Gasteiger partial charge in [-0.05, 0) is 26.7 Å². The second-order valence-electron chi connectivity index (χ2n) is 3.67. The number of amides is 1. The Balaban J connectivity index is 3.54. The Labute approximate surface area is 86.1 Å². The molecule has 0 bridgehead atoms. The zero-order chi connectivity index (χ0) is 11.0. The third-order valence-corrected chi connectivity index (χ3v) is 2.19. The summed E-state index contributed by atoms with van der Waals surface area (Å²) in [5.74, 6) is -0.00810. The minimum Gasteiger partial charge on any atom is -0.396 e. The Morgan fingerprint density at radius 2 is 2.00 bits per heavy atom. The van der Waals surface area contributed by atoms with Crippen molar-refractivity contribution in [3.8, 4) is 0 Å². The summed E-state index contributed by atoms with van der Waals surface area (Å²) in [4.78, 5) is 11.3. The lowest BCUT2D eigenvalue weighted by Crippen LogP contribution is -2.41. The van der Waals surface area contributed by atoms with Gasteiger partial charge in [-0.15, -0.1) is 0 Å². The van der Waals surface area contributed by atoms with Crippen molar-refractivity contribution in [2.75, 3.05) is 13.2 Å². The van der Waals surface area contributed by atoms with E-state index in [0.717, 1.165) is 6.42 Å². The van der Waals surface area contributed by atoms with E-state index in [4.69, 9.17) is 5.11 Å². The molecule has 2 atom stereocenters. The lowest BCUT2D eigenvalue weighted by atomic mass is 10.2. The van der Waals surface area contributed by atoms with E-state index in [-0.39, 0.29) is 18.6 Å². The highest BCUT2D eigenvalue weighted by Crippen LogP contribution is 1.89. The fraction of sp³-hybridized carbons (Fsp3) is 0.900. The molecule has 0 aliphatic carbocycles. The van der Waals surface area contributed by atoms with Gasteiger partial charge in [0.2, 0.25) is 5.91 Å². The molecule has 0 aromatic carbocycles. The summed E-state index contributed by atoms with van der Waals surface area (Å²) < 4.78 is 0. The van der Waals surface area contributed by atoms with Gasteiger partial charge >= 0.3 is 0 Å². The number of nitrogens with one attached hydrogen (secondary N) is 2. The zero-order valence-corrected chi connectivity index (χ0v) is 9.34. The number of hydrogen-bond acceptors (Lipinski definition) is 3. The van der Waals surface area contributed by atoms with Crippen LogP contribution in [-0.2, 0) is 4.79 Å². The number of rotatable bonds is 7. The molecule has 0 saturated carbocycles. The van der Waals surface area contributed by atoms with E-state index in [1.807, 2.05) is 13.8 Å². The maximum absolute atomic E-state index is 11.3. The van der Waals surface area contributed by atoms with E-state index in [2.05, 4.69) is 17.6 Å². The van der Waals surface area contributed by atoms with Gasteiger partial charge in [0.05, 0.1) is 6.54 Å². The van der Waals surface area contributed by atoms with E-state index in [1.165, 1.54) is 0 Å². The topological polar surface area (TPSA) is 61.4 Å². The van der Waals surface area contributed by atoms with Crippen LogP contribution in [0.5, 0.6) is 0 Å². The van der Waals surface area contributed by atoms with Crippen LogP contribution in [-0.4, -0.2) is 36.2 Å². The molecular formula is C10H22N2O2. The molecular weight excluding hydrogens is 180 g/mol. The van der Waals surface area contributed by atoms with E-state index in [0.29, 0.717) is 19.0 Å². The number of carbonyl (C=O) groups excluding carboxylic acids is 1. The molecule has 4 heteroatoms. The molecule has 0 aliphatic heterocycles. The SMILES string of the molecule is CCC(C)NCC(=O)NC(C)CCO. The van der Waals surface area contributed by atoms with Crippen molar-refractivity contribution in [3.05, 3.63) is 0 Å². The third kappa shape index (κ3) is 6.86. The Morgan fingerprint density at radius 1 is 1.36 bits per heavy atom. The van der Waals surface area contributed by atoms with Gasteiger partial charge in [-0.25, -0.2) is 0 Å². The summed E-state index contributed by atoms with van der Waals surface area (Å²) in [6.45, 7) is 6.47. The number of carbonyl (C=O) groups is 1. The maximum atomic E-state index is 11.3. The quantitative estimate of drug-likeness (QED) is 0.555. The van der Waals surface area contributed by atoms with E-state index in [1.54, 1.807) is 0 Å². The largest absolute Gasteiger partial charge is 0.396 e. The minimum atomic E-state index is -0.00810. The molecule has 0 radical (unpaired) electrons. The molecule has 0 saturated heterocycles. The van der Waals surface area contributed by atoms with Gasteiger partial charge < -0.3 is 15.7 Å². The molecule has 0 aromatic heterocycles. The van der Waals surface area contributed by atoms with Crippen LogP contribution in [0.25, 0.3) is 0 Å². The van der Waals surface area contributed by atoms with Gasteiger partial charge in [0, 0.05) is 18.7 Å². The second-order valence-corrected chi connectivity index (χ2v) is 3.67. The molecule has 0 aliphatic rings. The highest BCUT2D eigenvalue weighted by molar-refractivity contribution is 5.78. The van der Waals surface area contributed by atoms with Gasteiger partial charge in [-0.3, -0.25) is 4.79 Å². The van der Waals surface area contributed by atoms with Crippen LogP contribution in [0.1, 0.15) is 33.6 Å². The van der Waals surface area contributed by atoms with Crippen molar-refractivity contribution in [2.45, 2.75) is 45.7 Å². The van der Waals surface area contributed by atoms with E-state index in [9.17, 15) is 4.79 Å². The summed E-state index contributed by atoms with van der Waals surface area (Å²) in [5.41, 5.74) is 0. The predicted octanol–water partition coefficient (Wildman–Crippen LogP) is 0.262. The van der Waals surface area contributed by atoms with Crippen molar-refractivity contribution in [3.63, 3.8) is 0 Å². The van der Waals surface area contributed by atoms with Gasteiger partial charge in [0.15, 0.2) is 0 Å². The Bertz CT molecular complexity index is 162. The van der Waals surface area contributed by atoms with Crippen LogP contribution in [0.4, 0.5) is 0 Å². The highest BCUT2D eigenvalue weighted by atomic mass is 16.3. The number of aliphatic hydroxyl groups is 1. The van der Waals surface area contributed by atoms with Gasteiger partial charge in [-0.1, -0.05) is 6.92 Å². The molecule has 3 N–H and O–H groups in total. The zero-order valence-electron chi connectivity index (χ0n) is 9.34. The maximum Gasteiger partial charge on any atom is 0.234 e. The summed E-state index contributed by atoms with van der Waals surface area (Å²) >= 11 is 0. The molecule has 1 amide bonds. The standard InChI is InChI=1S/C10H22N2O2/c1-4-8(2)11-7-10(14)12-9(3)5-6-13/h8-9,11,13H,4-7H2,1-3H3,(H,12,14). The smallest absolute Gasteiger partial charge is 0.234 e. The predicted molar refractivity (Wildman–Crippen MR) is 57.1 cm³/mol. The number of aliphatic hydroxyl groups excluding tert-OH is 1. The van der Waals surface area contributed by atoms with Crippen LogP contribution in [0, 0.1) is 0 Å². The van der Waals surface area contributed by atoms with Crippen LogP contribution in [0.2, 0.25) is 0 Å². The lowest BCUT2D eigenvalue weighted by Gasteiger charge is -2.14. The number of hydrogen-bond donors (Lipinski definition) is 3. The fourth-order valence-electron chi connectivity index (χ4n) is 1.00. The molecule has 14 heavy (non-hydrogen) atoms. The first-order chi connectivity index (χ1) is 6.60. The van der Waals surface area contributed by atoms with Gasteiger partial charge in [-0.2, -0.15) is 0 Å². The van der Waals surface area contributed by atoms with Crippen molar-refractivity contribution in [1.29, 1.82) is 0 Å². The third-order valence-electron chi connectivity index (χ3n) is 2.19. The first-order valence-corrected chi connectivity index (χ1v) is 5.23. The van der Waals surface area contributed by atoms with Crippen molar-refractivity contribution >= 4 is 5.91 Å². The molecule has 0 heterocycles. The first kappa shape index (κ1) is 13.4. The summed E-state index contributed by atoms with van der Waals surface area (Å²) in [6, 6.07) is 0.417. The van der Waals surface area contributed by atoms with Crippen molar-refractivity contribution in [2.24, 2.45) is 0 Å². The average molecular weight is 202 g/mol. The molecule has 84 valence electrons. The normalized spacial score (nSPS) is 14.9. The minimum absolute atomic E-state index is 0.00810. The Kier molecular flexibility index (Phi) is 7.42. The van der Waals surface area contributed by atoms with Gasteiger partial charge in [0.1, 0.15) is 0 Å². The Hall–Kier alpha value is -0.610. The summed E-state index contributed by atoms with van der Waals surface area (Å²) in [6.07, 6.45) is 1.62. The van der Waals surface area contributed by atoms with Crippen LogP contribution in [0.15, 0.2) is 0 Å². The molecule has 0 rings (SSSR count). The van der Waals surface area contributed by atoms with E-state index < -0.39 is 0 Å². The van der Waals surface area contributed by atoms with Gasteiger partial charge in [0.25, 0.3) is 0 Å². The monoisotopic (exact) mass is 202 g/mol. The summed E-state index contributed by atoms with van der Waals surface area (Å²) in [7, 11) is 0. The van der Waals surface area contributed by atoms with Crippen molar-refractivity contribution in [1.82, 2.24) is 10.6 Å². The molecule has 0 spiro atoms.